The number of imidazole rings is 1. The van der Waals surface area contributed by atoms with Gasteiger partial charge in [0, 0.05) is 48.6 Å². The minimum absolute atomic E-state index is 0.0411. The molecule has 200 valence electrons. The van der Waals surface area contributed by atoms with Crippen LogP contribution in [0.5, 0.6) is 0 Å². The number of nitrogens with one attached hydrogen (secondary N) is 2. The van der Waals surface area contributed by atoms with Crippen LogP contribution >= 0.6 is 11.3 Å². The van der Waals surface area contributed by atoms with Crippen molar-refractivity contribution in [2.24, 2.45) is 0 Å². The van der Waals surface area contributed by atoms with E-state index in [1.807, 2.05) is 25.1 Å². The summed E-state index contributed by atoms with van der Waals surface area (Å²) >= 11 is 1.73. The van der Waals surface area contributed by atoms with Gasteiger partial charge in [0.2, 0.25) is 5.91 Å². The first-order chi connectivity index (χ1) is 18.0. The summed E-state index contributed by atoms with van der Waals surface area (Å²) in [5.41, 5.74) is 2.37. The van der Waals surface area contributed by atoms with Crippen molar-refractivity contribution >= 4 is 34.2 Å². The first kappa shape index (κ1) is 27.3. The zero-order chi connectivity index (χ0) is 26.2. The maximum atomic E-state index is 12.9. The molecule has 0 aliphatic carbocycles. The first-order valence-electron chi connectivity index (χ1n) is 13.4. The molecule has 3 aromatic rings. The van der Waals surface area contributed by atoms with Crippen LogP contribution in [0.2, 0.25) is 0 Å². The van der Waals surface area contributed by atoms with Gasteiger partial charge in [0.1, 0.15) is 5.82 Å². The minimum Gasteiger partial charge on any atom is -0.379 e. The second kappa shape index (κ2) is 13.2. The Kier molecular flexibility index (Phi) is 9.71. The van der Waals surface area contributed by atoms with E-state index in [-0.39, 0.29) is 24.4 Å². The van der Waals surface area contributed by atoms with Crippen LogP contribution < -0.4 is 10.6 Å². The zero-order valence-corrected chi connectivity index (χ0v) is 23.0. The maximum absolute atomic E-state index is 12.9. The van der Waals surface area contributed by atoms with Gasteiger partial charge in [-0.25, -0.2) is 4.98 Å². The Balaban J connectivity index is 1.37. The first-order valence-corrected chi connectivity index (χ1v) is 14.3. The molecule has 0 bridgehead atoms. The summed E-state index contributed by atoms with van der Waals surface area (Å²) in [4.78, 5) is 33.8. The number of nitrogens with zero attached hydrogens (tertiary/aromatic N) is 3. The summed E-state index contributed by atoms with van der Waals surface area (Å²) < 4.78 is 7.71. The van der Waals surface area contributed by atoms with E-state index in [1.54, 1.807) is 11.3 Å². The molecule has 0 saturated carbocycles. The van der Waals surface area contributed by atoms with Gasteiger partial charge in [-0.2, -0.15) is 0 Å². The van der Waals surface area contributed by atoms with E-state index >= 15 is 0 Å². The molecule has 0 radical (unpaired) electrons. The van der Waals surface area contributed by atoms with E-state index in [0.29, 0.717) is 11.6 Å². The third-order valence-electron chi connectivity index (χ3n) is 7.04. The highest BCUT2D eigenvalue weighted by atomic mass is 32.1. The highest BCUT2D eigenvalue weighted by Crippen LogP contribution is 2.28. The smallest absolute Gasteiger partial charge is 0.251 e. The van der Waals surface area contributed by atoms with Crippen molar-refractivity contribution in [1.29, 1.82) is 0 Å². The number of carbonyl (C=O) groups is 2. The highest BCUT2D eigenvalue weighted by molar-refractivity contribution is 7.09. The summed E-state index contributed by atoms with van der Waals surface area (Å²) in [6.07, 6.45) is 3.67. The molecule has 2 N–H and O–H groups in total. The lowest BCUT2D eigenvalue weighted by atomic mass is 10.1. The van der Waals surface area contributed by atoms with Crippen LogP contribution in [0.1, 0.15) is 67.1 Å². The molecular weight excluding hydrogens is 486 g/mol. The molecule has 8 nitrogen and oxygen atoms in total. The Morgan fingerprint density at radius 1 is 1.16 bits per heavy atom. The molecule has 37 heavy (non-hydrogen) atoms. The second-order valence-electron chi connectivity index (χ2n) is 9.72. The molecule has 1 unspecified atom stereocenters. The Morgan fingerprint density at radius 3 is 2.65 bits per heavy atom. The number of fused-ring (bicyclic) bond motifs is 1. The van der Waals surface area contributed by atoms with Crippen LogP contribution in [0.4, 0.5) is 0 Å². The predicted molar refractivity (Wildman–Crippen MR) is 148 cm³/mol. The van der Waals surface area contributed by atoms with Gasteiger partial charge in [0.05, 0.1) is 30.8 Å². The van der Waals surface area contributed by atoms with Gasteiger partial charge >= 0.3 is 0 Å². The van der Waals surface area contributed by atoms with Crippen LogP contribution in [0.25, 0.3) is 11.0 Å². The molecular formula is C28H39N5O3S. The number of rotatable bonds is 12. The topological polar surface area (TPSA) is 88.5 Å². The molecule has 1 aromatic carbocycles. The lowest BCUT2D eigenvalue weighted by Gasteiger charge is -2.27. The van der Waals surface area contributed by atoms with Crippen LogP contribution in [-0.4, -0.2) is 71.7 Å². The Morgan fingerprint density at radius 2 is 1.95 bits per heavy atom. The van der Waals surface area contributed by atoms with Crippen molar-refractivity contribution in [2.75, 3.05) is 39.4 Å². The van der Waals surface area contributed by atoms with E-state index in [0.717, 1.165) is 75.4 Å². The molecule has 2 amide bonds. The van der Waals surface area contributed by atoms with E-state index in [1.165, 1.54) is 4.88 Å². The summed E-state index contributed by atoms with van der Waals surface area (Å²) in [5.74, 6) is 0.573. The van der Waals surface area contributed by atoms with Crippen LogP contribution in [0, 0.1) is 0 Å². The van der Waals surface area contributed by atoms with Crippen molar-refractivity contribution in [2.45, 2.75) is 58.5 Å². The summed E-state index contributed by atoms with van der Waals surface area (Å²) in [7, 11) is 0. The normalized spacial score (nSPS) is 15.2. The molecule has 1 saturated heterocycles. The molecule has 1 aliphatic rings. The fraction of sp³-hybridized carbons (Fsp3) is 0.536. The highest BCUT2D eigenvalue weighted by Gasteiger charge is 2.19. The maximum Gasteiger partial charge on any atom is 0.251 e. The Hall–Kier alpha value is -2.75. The van der Waals surface area contributed by atoms with Gasteiger partial charge < -0.3 is 19.9 Å². The lowest BCUT2D eigenvalue weighted by molar-refractivity contribution is -0.120. The zero-order valence-electron chi connectivity index (χ0n) is 22.2. The number of ether oxygens (including phenoxy) is 1. The number of amides is 2. The third-order valence-corrected chi connectivity index (χ3v) is 7.92. The van der Waals surface area contributed by atoms with Crippen molar-refractivity contribution in [1.82, 2.24) is 25.1 Å². The largest absolute Gasteiger partial charge is 0.379 e. The second-order valence-corrected chi connectivity index (χ2v) is 10.8. The van der Waals surface area contributed by atoms with Gasteiger partial charge in [-0.1, -0.05) is 19.9 Å². The van der Waals surface area contributed by atoms with E-state index in [4.69, 9.17) is 9.72 Å². The molecule has 2 aromatic heterocycles. The minimum atomic E-state index is -0.269. The average molecular weight is 526 g/mol. The van der Waals surface area contributed by atoms with Gasteiger partial charge in [-0.3, -0.25) is 14.5 Å². The average Bonchev–Trinajstić information content (AvgIpc) is 3.55. The SMILES string of the molecule is CCC(CC)n1c(Cc2cccs2)nc2cc(C(=O)NCC(=O)NC(C)CCN3CCOCC3)ccc21. The summed E-state index contributed by atoms with van der Waals surface area (Å²) in [6, 6.07) is 10.2. The van der Waals surface area contributed by atoms with E-state index in [2.05, 4.69) is 51.5 Å². The molecule has 1 atom stereocenters. The molecule has 1 fully saturated rings. The number of carbonyl (C=O) groups excluding carboxylic acids is 2. The van der Waals surface area contributed by atoms with Gasteiger partial charge in [-0.05, 0) is 55.8 Å². The number of thiophene rings is 1. The van der Waals surface area contributed by atoms with Gasteiger partial charge in [0.15, 0.2) is 0 Å². The number of hydrogen-bond donors (Lipinski definition) is 2. The summed E-state index contributed by atoms with van der Waals surface area (Å²) in [6.45, 7) is 10.7. The Labute approximate surface area is 223 Å². The quantitative estimate of drug-likeness (QED) is 0.373. The molecule has 4 rings (SSSR count). The van der Waals surface area contributed by atoms with Crippen LogP contribution in [0.3, 0.4) is 0 Å². The summed E-state index contributed by atoms with van der Waals surface area (Å²) in [5, 5.41) is 7.84. The van der Waals surface area contributed by atoms with E-state index in [9.17, 15) is 9.59 Å². The van der Waals surface area contributed by atoms with Crippen LogP contribution in [-0.2, 0) is 16.0 Å². The standard InChI is InChI=1S/C28H39N5O3S/c1-4-22(5-2)33-25-9-8-21(17-24(25)31-26(33)18-23-7-6-16-37-23)28(35)29-19-27(34)30-20(3)10-11-32-12-14-36-15-13-32/h6-9,16-17,20,22H,4-5,10-15,18-19H2,1-3H3,(H,29,35)(H,30,34). The molecule has 0 spiro atoms. The fourth-order valence-electron chi connectivity index (χ4n) is 4.91. The van der Waals surface area contributed by atoms with Crippen molar-refractivity contribution in [3.05, 3.63) is 52.0 Å². The van der Waals surface area contributed by atoms with Crippen molar-refractivity contribution in [3.8, 4) is 0 Å². The van der Waals surface area contributed by atoms with Gasteiger partial charge in [0.25, 0.3) is 5.91 Å². The number of morpholine rings is 1. The van der Waals surface area contributed by atoms with Gasteiger partial charge in [-0.15, -0.1) is 11.3 Å². The lowest BCUT2D eigenvalue weighted by Crippen LogP contribution is -2.43. The predicted octanol–water partition coefficient (Wildman–Crippen LogP) is 4.01. The third kappa shape index (κ3) is 7.18. The Bertz CT molecular complexity index is 1170. The van der Waals surface area contributed by atoms with Crippen molar-refractivity contribution in [3.63, 3.8) is 0 Å². The fourth-order valence-corrected chi connectivity index (χ4v) is 5.61. The van der Waals surface area contributed by atoms with Crippen LogP contribution in [0.15, 0.2) is 35.7 Å². The molecule has 9 heteroatoms. The monoisotopic (exact) mass is 525 g/mol. The number of benzene rings is 1. The number of hydrogen-bond acceptors (Lipinski definition) is 6. The molecule has 1 aliphatic heterocycles. The molecule has 3 heterocycles. The van der Waals surface area contributed by atoms with E-state index < -0.39 is 0 Å². The number of aromatic nitrogens is 2. The van der Waals surface area contributed by atoms with Crippen molar-refractivity contribution < 1.29 is 14.3 Å².